The second-order valence-corrected chi connectivity index (χ2v) is 23.1. The van der Waals surface area contributed by atoms with Gasteiger partial charge in [0.05, 0.1) is 25.4 Å². The molecule has 0 saturated carbocycles. The van der Waals surface area contributed by atoms with E-state index in [1.165, 1.54) is 283 Å². The molecule has 8 nitrogen and oxygen atoms in total. The van der Waals surface area contributed by atoms with Crippen LogP contribution in [0.3, 0.4) is 0 Å². The fraction of sp³-hybridized carbons (Fsp3) is 0.951. The largest absolute Gasteiger partial charge is 0.472 e. The molecule has 1 unspecified atom stereocenters. The van der Waals surface area contributed by atoms with Gasteiger partial charge in [-0.25, -0.2) is 4.57 Å². The number of carbonyl (C=O) groups is 1. The molecule has 0 aliphatic rings. The molecular formula is C61H123N2O6P. The lowest BCUT2D eigenvalue weighted by atomic mass is 10.0. The van der Waals surface area contributed by atoms with Crippen LogP contribution in [0.5, 0.6) is 0 Å². The zero-order valence-corrected chi connectivity index (χ0v) is 47.9. The number of nitrogens with two attached hydrogens (primary N) is 1. The summed E-state index contributed by atoms with van der Waals surface area (Å²) >= 11 is 0. The van der Waals surface area contributed by atoms with Crippen molar-refractivity contribution in [2.24, 2.45) is 5.73 Å². The number of aliphatic hydroxyl groups is 1. The van der Waals surface area contributed by atoms with Crippen LogP contribution in [0, 0.1) is 0 Å². The number of carbonyl (C=O) groups excluding carboxylic acids is 1. The summed E-state index contributed by atoms with van der Waals surface area (Å²) < 4.78 is 22.3. The summed E-state index contributed by atoms with van der Waals surface area (Å²) in [5.41, 5.74) is 5.40. The van der Waals surface area contributed by atoms with Crippen LogP contribution in [-0.4, -0.2) is 47.8 Å². The van der Waals surface area contributed by atoms with Crippen LogP contribution in [0.25, 0.3) is 0 Å². The van der Waals surface area contributed by atoms with Gasteiger partial charge < -0.3 is 21.1 Å². The van der Waals surface area contributed by atoms with Crippen LogP contribution >= 0.6 is 7.82 Å². The number of rotatable bonds is 60. The number of allylic oxidation sites excluding steroid dienone is 1. The molecule has 0 aromatic heterocycles. The SMILES string of the molecule is CCCCCCCCCCCCCCC/C=C/[C@@H](O)[C@H](COP(=O)(O)OCCN)NC(=O)CCCCCCCCCCCCCCCCCCCCCCCCCCCCCCCCCCCCCC. The predicted octanol–water partition coefficient (Wildman–Crippen LogP) is 19.4. The van der Waals surface area contributed by atoms with Crippen molar-refractivity contribution in [3.63, 3.8) is 0 Å². The summed E-state index contributed by atoms with van der Waals surface area (Å²) in [6.45, 7) is 4.19. The topological polar surface area (TPSA) is 131 Å². The molecule has 70 heavy (non-hydrogen) atoms. The van der Waals surface area contributed by atoms with Crippen LogP contribution in [0.15, 0.2) is 12.2 Å². The third-order valence-electron chi connectivity index (χ3n) is 14.6. The number of aliphatic hydroxyl groups excluding tert-OH is 1. The van der Waals surface area contributed by atoms with E-state index in [2.05, 4.69) is 19.2 Å². The summed E-state index contributed by atoms with van der Waals surface area (Å²) in [7, 11) is -4.34. The van der Waals surface area contributed by atoms with Crippen molar-refractivity contribution in [2.45, 2.75) is 353 Å². The van der Waals surface area contributed by atoms with Crippen molar-refractivity contribution in [3.05, 3.63) is 12.2 Å². The van der Waals surface area contributed by atoms with Gasteiger partial charge in [-0.05, 0) is 19.3 Å². The third-order valence-corrected chi connectivity index (χ3v) is 15.6. The highest BCUT2D eigenvalue weighted by atomic mass is 31.2. The van der Waals surface area contributed by atoms with Gasteiger partial charge in [-0.3, -0.25) is 13.8 Å². The number of unbranched alkanes of at least 4 members (excludes halogenated alkanes) is 48. The third kappa shape index (κ3) is 55.0. The van der Waals surface area contributed by atoms with Gasteiger partial charge in [0.25, 0.3) is 0 Å². The maximum Gasteiger partial charge on any atom is 0.472 e. The molecule has 0 heterocycles. The Morgan fingerprint density at radius 2 is 0.729 bits per heavy atom. The lowest BCUT2D eigenvalue weighted by molar-refractivity contribution is -0.123. The lowest BCUT2D eigenvalue weighted by Gasteiger charge is -2.23. The second kappa shape index (κ2) is 57.5. The first-order valence-electron chi connectivity index (χ1n) is 31.3. The number of amides is 1. The van der Waals surface area contributed by atoms with Crippen molar-refractivity contribution < 1.29 is 28.4 Å². The smallest absolute Gasteiger partial charge is 0.387 e. The molecular weight excluding hydrogens is 888 g/mol. The van der Waals surface area contributed by atoms with Crippen LogP contribution in [0.1, 0.15) is 341 Å². The Morgan fingerprint density at radius 3 is 1.01 bits per heavy atom. The predicted molar refractivity (Wildman–Crippen MR) is 305 cm³/mol. The van der Waals surface area contributed by atoms with Gasteiger partial charge >= 0.3 is 7.82 Å². The van der Waals surface area contributed by atoms with E-state index in [4.69, 9.17) is 14.8 Å². The van der Waals surface area contributed by atoms with Gasteiger partial charge in [0.1, 0.15) is 0 Å². The highest BCUT2D eigenvalue weighted by Gasteiger charge is 2.27. The molecule has 0 bridgehead atoms. The van der Waals surface area contributed by atoms with Gasteiger partial charge in [-0.2, -0.15) is 0 Å². The van der Waals surface area contributed by atoms with Gasteiger partial charge in [-0.1, -0.05) is 328 Å². The average Bonchev–Trinajstić information content (AvgIpc) is 3.35. The fourth-order valence-electron chi connectivity index (χ4n) is 9.90. The van der Waals surface area contributed by atoms with Gasteiger partial charge in [0.2, 0.25) is 5.91 Å². The van der Waals surface area contributed by atoms with Crippen LogP contribution in [0.4, 0.5) is 0 Å². The first-order valence-corrected chi connectivity index (χ1v) is 32.8. The summed E-state index contributed by atoms with van der Waals surface area (Å²) in [5.74, 6) is -0.186. The van der Waals surface area contributed by atoms with E-state index in [-0.39, 0.29) is 25.7 Å². The van der Waals surface area contributed by atoms with Crippen LogP contribution in [0.2, 0.25) is 0 Å². The molecule has 5 N–H and O–H groups in total. The minimum atomic E-state index is -4.34. The second-order valence-electron chi connectivity index (χ2n) is 21.6. The number of nitrogens with one attached hydrogen (secondary N) is 1. The molecule has 0 aromatic carbocycles. The molecule has 0 aliphatic heterocycles. The van der Waals surface area contributed by atoms with Crippen molar-refractivity contribution in [1.82, 2.24) is 5.32 Å². The van der Waals surface area contributed by atoms with Crippen molar-refractivity contribution in [1.29, 1.82) is 0 Å². The molecule has 1 amide bonds. The molecule has 0 saturated heterocycles. The van der Waals surface area contributed by atoms with Crippen molar-refractivity contribution in [3.8, 4) is 0 Å². The minimum absolute atomic E-state index is 0.0817. The summed E-state index contributed by atoms with van der Waals surface area (Å²) in [6.07, 6.45) is 70.5. The molecule has 0 radical (unpaired) electrons. The summed E-state index contributed by atoms with van der Waals surface area (Å²) in [5, 5.41) is 13.8. The lowest BCUT2D eigenvalue weighted by Crippen LogP contribution is -2.45. The first-order chi connectivity index (χ1) is 34.4. The monoisotopic (exact) mass is 1010 g/mol. The van der Waals surface area contributed by atoms with Gasteiger partial charge in [0, 0.05) is 13.0 Å². The minimum Gasteiger partial charge on any atom is -0.387 e. The maximum atomic E-state index is 12.9. The highest BCUT2D eigenvalue weighted by Crippen LogP contribution is 2.43. The molecule has 0 aromatic rings. The van der Waals surface area contributed by atoms with Gasteiger partial charge in [0.15, 0.2) is 0 Å². The Labute approximate surface area is 436 Å². The van der Waals surface area contributed by atoms with Gasteiger partial charge in [-0.15, -0.1) is 0 Å². The van der Waals surface area contributed by atoms with E-state index < -0.39 is 20.0 Å². The zero-order chi connectivity index (χ0) is 51.0. The highest BCUT2D eigenvalue weighted by molar-refractivity contribution is 7.47. The van der Waals surface area contributed by atoms with Crippen LogP contribution < -0.4 is 11.1 Å². The molecule has 0 aliphatic carbocycles. The molecule has 0 rings (SSSR count). The number of phosphoric ester groups is 1. The number of hydrogen-bond donors (Lipinski definition) is 4. The van der Waals surface area contributed by atoms with E-state index in [9.17, 15) is 19.4 Å². The standard InChI is InChI=1S/C61H123N2O6P/c1-3-5-7-9-11-13-15-17-19-20-21-22-23-24-25-26-27-28-29-30-31-32-33-34-35-36-37-38-39-41-43-45-47-49-51-53-55-61(65)63-59(58-69-70(66,67)68-57-56-62)60(64)54-52-50-48-46-44-42-40-18-16-14-12-10-8-6-4-2/h52,54,59-60,64H,3-51,53,55-58,62H2,1-2H3,(H,63,65)(H,66,67)/b54-52+/t59-,60+/m0/s1. The molecule has 418 valence electrons. The van der Waals surface area contributed by atoms with Crippen molar-refractivity contribution in [2.75, 3.05) is 19.8 Å². The van der Waals surface area contributed by atoms with E-state index in [0.717, 1.165) is 38.5 Å². The number of phosphoric acid groups is 1. The quantitative estimate of drug-likeness (QED) is 0.0271. The fourth-order valence-corrected chi connectivity index (χ4v) is 10.7. The average molecular weight is 1010 g/mol. The molecule has 9 heteroatoms. The maximum absolute atomic E-state index is 12.9. The van der Waals surface area contributed by atoms with Crippen molar-refractivity contribution >= 4 is 13.7 Å². The summed E-state index contributed by atoms with van der Waals surface area (Å²) in [6, 6.07) is -0.856. The van der Waals surface area contributed by atoms with E-state index in [1.807, 2.05) is 6.08 Å². The Balaban J connectivity index is 3.76. The van der Waals surface area contributed by atoms with E-state index in [0.29, 0.717) is 6.42 Å². The first kappa shape index (κ1) is 69.2. The molecule has 0 spiro atoms. The Morgan fingerprint density at radius 1 is 0.457 bits per heavy atom. The Bertz CT molecular complexity index is 1110. The normalized spacial score (nSPS) is 13.6. The Kier molecular flexibility index (Phi) is 56.9. The number of hydrogen-bond acceptors (Lipinski definition) is 6. The van der Waals surface area contributed by atoms with Crippen LogP contribution in [-0.2, 0) is 18.4 Å². The molecule has 0 fully saturated rings. The Hall–Kier alpha value is -0.760. The van der Waals surface area contributed by atoms with E-state index >= 15 is 0 Å². The van der Waals surface area contributed by atoms with E-state index in [1.54, 1.807) is 6.08 Å². The molecule has 3 atom stereocenters. The summed E-state index contributed by atoms with van der Waals surface area (Å²) in [4.78, 5) is 22.9. The zero-order valence-electron chi connectivity index (χ0n) is 47.0.